The third-order valence-corrected chi connectivity index (χ3v) is 3.32. The van der Waals surface area contributed by atoms with Gasteiger partial charge in [0.05, 0.1) is 6.10 Å². The van der Waals surface area contributed by atoms with Crippen LogP contribution >= 0.6 is 11.6 Å². The summed E-state index contributed by atoms with van der Waals surface area (Å²) in [5.74, 6) is 0. The maximum Gasteiger partial charge on any atom is 0.0787 e. The van der Waals surface area contributed by atoms with Gasteiger partial charge >= 0.3 is 0 Å². The molecule has 0 bridgehead atoms. The monoisotopic (exact) mass is 260 g/mol. The van der Waals surface area contributed by atoms with E-state index in [4.69, 9.17) is 11.6 Å². The average molecular weight is 261 g/mol. The van der Waals surface area contributed by atoms with Gasteiger partial charge in [-0.05, 0) is 41.7 Å². The lowest BCUT2D eigenvalue weighted by Gasteiger charge is -2.09. The molecule has 1 N–H and O–H groups in total. The van der Waals surface area contributed by atoms with E-state index in [1.54, 1.807) is 0 Å². The summed E-state index contributed by atoms with van der Waals surface area (Å²) in [5, 5.41) is 10.5. The van der Waals surface area contributed by atoms with Crippen molar-refractivity contribution in [2.75, 3.05) is 0 Å². The van der Waals surface area contributed by atoms with Crippen molar-refractivity contribution in [3.63, 3.8) is 0 Å². The van der Waals surface area contributed by atoms with Crippen molar-refractivity contribution < 1.29 is 5.11 Å². The molecule has 0 radical (unpaired) electrons. The van der Waals surface area contributed by atoms with E-state index < -0.39 is 0 Å². The predicted octanol–water partition coefficient (Wildman–Crippen LogP) is 4.37. The Morgan fingerprint density at radius 2 is 1.44 bits per heavy atom. The van der Waals surface area contributed by atoms with Crippen LogP contribution in [0.2, 0.25) is 5.02 Å². The minimum atomic E-state index is -0.352. The number of hydrogen-bond donors (Lipinski definition) is 1. The Bertz CT molecular complexity index is 488. The molecule has 0 heterocycles. The van der Waals surface area contributed by atoms with Crippen molar-refractivity contribution in [2.45, 2.75) is 25.9 Å². The number of halogens is 1. The Hall–Kier alpha value is -1.31. The molecule has 2 rings (SSSR count). The third-order valence-electron chi connectivity index (χ3n) is 3.07. The van der Waals surface area contributed by atoms with Gasteiger partial charge in [-0.3, -0.25) is 0 Å². The van der Waals surface area contributed by atoms with Gasteiger partial charge in [-0.2, -0.15) is 0 Å². The summed E-state index contributed by atoms with van der Waals surface area (Å²) < 4.78 is 0. The van der Waals surface area contributed by atoms with Crippen molar-refractivity contribution in [2.24, 2.45) is 0 Å². The van der Waals surface area contributed by atoms with E-state index in [1.807, 2.05) is 43.3 Å². The Morgan fingerprint density at radius 1 is 0.944 bits per heavy atom. The van der Waals surface area contributed by atoms with Gasteiger partial charge in [-0.15, -0.1) is 0 Å². The zero-order valence-electron chi connectivity index (χ0n) is 10.4. The molecule has 1 unspecified atom stereocenters. The summed E-state index contributed by atoms with van der Waals surface area (Å²) in [5.41, 5.74) is 3.46. The fourth-order valence-corrected chi connectivity index (χ4v) is 2.06. The number of hydrogen-bond acceptors (Lipinski definition) is 1. The largest absolute Gasteiger partial charge is 0.388 e. The zero-order valence-corrected chi connectivity index (χ0v) is 11.2. The standard InChI is InChI=1S/C16H17ClO/c1-2-16(18)14-7-3-12(4-8-14)11-13-5-9-15(17)10-6-13/h3-10,16,18H,2,11H2,1H3. The van der Waals surface area contributed by atoms with Crippen LogP contribution in [0, 0.1) is 0 Å². The summed E-state index contributed by atoms with van der Waals surface area (Å²) in [6.45, 7) is 1.98. The summed E-state index contributed by atoms with van der Waals surface area (Å²) in [6, 6.07) is 16.0. The lowest BCUT2D eigenvalue weighted by molar-refractivity contribution is 0.173. The maximum atomic E-state index is 9.73. The van der Waals surface area contributed by atoms with Crippen molar-refractivity contribution >= 4 is 11.6 Å². The van der Waals surface area contributed by atoms with Crippen molar-refractivity contribution in [1.29, 1.82) is 0 Å². The summed E-state index contributed by atoms with van der Waals surface area (Å²) in [6.07, 6.45) is 1.28. The van der Waals surface area contributed by atoms with Gasteiger partial charge in [-0.1, -0.05) is 54.9 Å². The van der Waals surface area contributed by atoms with Gasteiger partial charge in [0.1, 0.15) is 0 Å². The fourth-order valence-electron chi connectivity index (χ4n) is 1.93. The van der Waals surface area contributed by atoms with E-state index in [1.165, 1.54) is 11.1 Å². The van der Waals surface area contributed by atoms with E-state index in [-0.39, 0.29) is 6.10 Å². The highest BCUT2D eigenvalue weighted by Crippen LogP contribution is 2.18. The third kappa shape index (κ3) is 3.34. The second kappa shape index (κ2) is 6.03. The van der Waals surface area contributed by atoms with Crippen LogP contribution < -0.4 is 0 Å². The van der Waals surface area contributed by atoms with E-state index in [2.05, 4.69) is 12.1 Å². The van der Waals surface area contributed by atoms with Crippen LogP contribution in [0.1, 0.15) is 36.1 Å². The molecule has 0 amide bonds. The maximum absolute atomic E-state index is 9.73. The first-order valence-electron chi connectivity index (χ1n) is 6.20. The first-order chi connectivity index (χ1) is 8.69. The molecule has 0 saturated heterocycles. The van der Waals surface area contributed by atoms with Gasteiger partial charge in [0, 0.05) is 5.02 Å². The van der Waals surface area contributed by atoms with Crippen molar-refractivity contribution in [1.82, 2.24) is 0 Å². The Labute approximate surface area is 113 Å². The smallest absolute Gasteiger partial charge is 0.0787 e. The van der Waals surface area contributed by atoms with E-state index in [0.29, 0.717) is 0 Å². The van der Waals surface area contributed by atoms with E-state index in [0.717, 1.165) is 23.4 Å². The number of aliphatic hydroxyl groups is 1. The molecule has 94 valence electrons. The highest BCUT2D eigenvalue weighted by molar-refractivity contribution is 6.30. The van der Waals surface area contributed by atoms with Gasteiger partial charge in [0.15, 0.2) is 0 Å². The average Bonchev–Trinajstić information content (AvgIpc) is 2.41. The van der Waals surface area contributed by atoms with Crippen molar-refractivity contribution in [3.8, 4) is 0 Å². The highest BCUT2D eigenvalue weighted by atomic mass is 35.5. The SMILES string of the molecule is CCC(O)c1ccc(Cc2ccc(Cl)cc2)cc1. The van der Waals surface area contributed by atoms with Crippen LogP contribution in [0.3, 0.4) is 0 Å². The minimum Gasteiger partial charge on any atom is -0.388 e. The molecule has 2 aromatic rings. The molecule has 2 heteroatoms. The quantitative estimate of drug-likeness (QED) is 0.865. The van der Waals surface area contributed by atoms with Gasteiger partial charge < -0.3 is 5.11 Å². The van der Waals surface area contributed by atoms with Crippen LogP contribution in [-0.2, 0) is 6.42 Å². The molecule has 1 nitrogen and oxygen atoms in total. The Balaban J connectivity index is 2.08. The van der Waals surface area contributed by atoms with Crippen LogP contribution in [0.15, 0.2) is 48.5 Å². The molecular formula is C16H17ClO. The molecule has 0 fully saturated rings. The number of aliphatic hydroxyl groups excluding tert-OH is 1. The molecule has 0 saturated carbocycles. The topological polar surface area (TPSA) is 20.2 Å². The van der Waals surface area contributed by atoms with Crippen LogP contribution in [-0.4, -0.2) is 5.11 Å². The highest BCUT2D eigenvalue weighted by Gasteiger charge is 2.04. The fraction of sp³-hybridized carbons (Fsp3) is 0.250. The molecular weight excluding hydrogens is 244 g/mol. The van der Waals surface area contributed by atoms with Crippen LogP contribution in [0.4, 0.5) is 0 Å². The normalized spacial score (nSPS) is 12.4. The molecule has 1 atom stereocenters. The zero-order chi connectivity index (χ0) is 13.0. The van der Waals surface area contributed by atoms with E-state index in [9.17, 15) is 5.11 Å². The first kappa shape index (κ1) is 13.1. The summed E-state index contributed by atoms with van der Waals surface area (Å²) in [4.78, 5) is 0. The van der Waals surface area contributed by atoms with Crippen molar-refractivity contribution in [3.05, 3.63) is 70.2 Å². The molecule has 0 aromatic heterocycles. The van der Waals surface area contributed by atoms with Gasteiger partial charge in [0.25, 0.3) is 0 Å². The molecule has 0 spiro atoms. The Morgan fingerprint density at radius 3 is 1.94 bits per heavy atom. The number of benzene rings is 2. The second-order valence-corrected chi connectivity index (χ2v) is 4.91. The molecule has 18 heavy (non-hydrogen) atoms. The molecule has 0 aliphatic carbocycles. The summed E-state index contributed by atoms with van der Waals surface area (Å²) >= 11 is 5.86. The van der Waals surface area contributed by atoms with Gasteiger partial charge in [-0.25, -0.2) is 0 Å². The van der Waals surface area contributed by atoms with Crippen LogP contribution in [0.25, 0.3) is 0 Å². The van der Waals surface area contributed by atoms with Gasteiger partial charge in [0.2, 0.25) is 0 Å². The number of rotatable bonds is 4. The molecule has 2 aromatic carbocycles. The lowest BCUT2D eigenvalue weighted by Crippen LogP contribution is -1.95. The minimum absolute atomic E-state index is 0.352. The summed E-state index contributed by atoms with van der Waals surface area (Å²) in [7, 11) is 0. The predicted molar refractivity (Wildman–Crippen MR) is 76.0 cm³/mol. The second-order valence-electron chi connectivity index (χ2n) is 4.47. The molecule has 0 aliphatic rings. The Kier molecular flexibility index (Phi) is 4.40. The van der Waals surface area contributed by atoms with E-state index >= 15 is 0 Å². The van der Waals surface area contributed by atoms with Crippen LogP contribution in [0.5, 0.6) is 0 Å². The first-order valence-corrected chi connectivity index (χ1v) is 6.58. The molecule has 0 aliphatic heterocycles. The lowest BCUT2D eigenvalue weighted by atomic mass is 10.0.